The van der Waals surface area contributed by atoms with Gasteiger partial charge in [0.15, 0.2) is 0 Å². The third-order valence-corrected chi connectivity index (χ3v) is 4.02. The molecule has 0 saturated carbocycles. The highest BCUT2D eigenvalue weighted by Gasteiger charge is 2.13. The predicted molar refractivity (Wildman–Crippen MR) is 74.4 cm³/mol. The first kappa shape index (κ1) is 14.0. The maximum Gasteiger partial charge on any atom is 0.140 e. The zero-order valence-electron chi connectivity index (χ0n) is 10.8. The SMILES string of the molecule is CNCc1cc(F)c(Sc2ccccc2C)c(F)c1. The second-order valence-electron chi connectivity index (χ2n) is 4.29. The van der Waals surface area contributed by atoms with Crippen LogP contribution in [0, 0.1) is 18.6 Å². The summed E-state index contributed by atoms with van der Waals surface area (Å²) in [5.41, 5.74) is 1.61. The number of hydrogen-bond acceptors (Lipinski definition) is 2. The first-order valence-corrected chi connectivity index (χ1v) is 6.79. The molecule has 0 aliphatic carbocycles. The van der Waals surface area contributed by atoms with Crippen molar-refractivity contribution in [2.45, 2.75) is 23.3 Å². The molecule has 0 radical (unpaired) electrons. The quantitative estimate of drug-likeness (QED) is 0.902. The van der Waals surface area contributed by atoms with E-state index in [0.29, 0.717) is 12.1 Å². The highest BCUT2D eigenvalue weighted by Crippen LogP contribution is 2.34. The largest absolute Gasteiger partial charge is 0.316 e. The van der Waals surface area contributed by atoms with Gasteiger partial charge in [-0.1, -0.05) is 30.0 Å². The lowest BCUT2D eigenvalue weighted by molar-refractivity contribution is 0.536. The third kappa shape index (κ3) is 3.33. The van der Waals surface area contributed by atoms with E-state index < -0.39 is 11.6 Å². The van der Waals surface area contributed by atoms with Gasteiger partial charge in [0.2, 0.25) is 0 Å². The summed E-state index contributed by atoms with van der Waals surface area (Å²) >= 11 is 1.12. The van der Waals surface area contributed by atoms with Crippen molar-refractivity contribution in [2.75, 3.05) is 7.05 Å². The number of hydrogen-bond donors (Lipinski definition) is 1. The van der Waals surface area contributed by atoms with Crippen molar-refractivity contribution in [3.8, 4) is 0 Å². The number of halogens is 2. The number of nitrogens with one attached hydrogen (secondary N) is 1. The molecule has 0 unspecified atom stereocenters. The van der Waals surface area contributed by atoms with Gasteiger partial charge in [-0.2, -0.15) is 0 Å². The van der Waals surface area contributed by atoms with E-state index >= 15 is 0 Å². The Kier molecular flexibility index (Phi) is 4.56. The van der Waals surface area contributed by atoms with Crippen LogP contribution in [0.1, 0.15) is 11.1 Å². The highest BCUT2D eigenvalue weighted by molar-refractivity contribution is 7.99. The van der Waals surface area contributed by atoms with Crippen molar-refractivity contribution in [2.24, 2.45) is 0 Å². The molecule has 0 heterocycles. The molecular weight excluding hydrogens is 264 g/mol. The van der Waals surface area contributed by atoms with E-state index in [-0.39, 0.29) is 4.90 Å². The van der Waals surface area contributed by atoms with Gasteiger partial charge in [0.1, 0.15) is 11.6 Å². The average molecular weight is 279 g/mol. The van der Waals surface area contributed by atoms with Gasteiger partial charge in [-0.05, 0) is 43.3 Å². The molecule has 0 aliphatic heterocycles. The molecular formula is C15H15F2NS. The van der Waals surface area contributed by atoms with E-state index in [9.17, 15) is 8.78 Å². The van der Waals surface area contributed by atoms with Crippen molar-refractivity contribution < 1.29 is 8.78 Å². The van der Waals surface area contributed by atoms with E-state index in [0.717, 1.165) is 22.2 Å². The van der Waals surface area contributed by atoms with E-state index in [1.54, 1.807) is 7.05 Å². The molecule has 1 N–H and O–H groups in total. The summed E-state index contributed by atoms with van der Waals surface area (Å²) in [4.78, 5) is 0.913. The standard InChI is InChI=1S/C15H15F2NS/c1-10-5-3-4-6-14(10)19-15-12(16)7-11(9-18-2)8-13(15)17/h3-8,18H,9H2,1-2H3. The molecule has 0 fully saturated rings. The van der Waals surface area contributed by atoms with E-state index in [1.807, 2.05) is 31.2 Å². The lowest BCUT2D eigenvalue weighted by Gasteiger charge is -2.09. The summed E-state index contributed by atoms with van der Waals surface area (Å²) in [5.74, 6) is -1.03. The number of aryl methyl sites for hydroxylation is 1. The van der Waals surface area contributed by atoms with E-state index in [2.05, 4.69) is 5.32 Å². The maximum atomic E-state index is 14.0. The Morgan fingerprint density at radius 1 is 1.11 bits per heavy atom. The van der Waals surface area contributed by atoms with Gasteiger partial charge in [-0.3, -0.25) is 0 Å². The fourth-order valence-electron chi connectivity index (χ4n) is 1.80. The van der Waals surface area contributed by atoms with Crippen molar-refractivity contribution in [3.63, 3.8) is 0 Å². The first-order valence-electron chi connectivity index (χ1n) is 5.98. The predicted octanol–water partition coefficient (Wildman–Crippen LogP) is 4.14. The molecule has 0 amide bonds. The Balaban J connectivity index is 2.33. The Morgan fingerprint density at radius 2 is 1.74 bits per heavy atom. The highest BCUT2D eigenvalue weighted by atomic mass is 32.2. The molecule has 0 aliphatic rings. The minimum absolute atomic E-state index is 0.0501. The first-order chi connectivity index (χ1) is 9.11. The Hall–Kier alpha value is -1.39. The minimum Gasteiger partial charge on any atom is -0.316 e. The zero-order valence-corrected chi connectivity index (χ0v) is 11.7. The van der Waals surface area contributed by atoms with Crippen molar-refractivity contribution in [3.05, 3.63) is 59.2 Å². The van der Waals surface area contributed by atoms with Gasteiger partial charge in [0.25, 0.3) is 0 Å². The van der Waals surface area contributed by atoms with Gasteiger partial charge in [-0.25, -0.2) is 8.78 Å². The van der Waals surface area contributed by atoms with Crippen LogP contribution in [0.3, 0.4) is 0 Å². The van der Waals surface area contributed by atoms with Gasteiger partial charge in [-0.15, -0.1) is 0 Å². The van der Waals surface area contributed by atoms with Crippen LogP contribution in [0.25, 0.3) is 0 Å². The van der Waals surface area contributed by atoms with E-state index in [1.165, 1.54) is 12.1 Å². The summed E-state index contributed by atoms with van der Waals surface area (Å²) in [7, 11) is 1.74. The van der Waals surface area contributed by atoms with Crippen LogP contribution in [0.2, 0.25) is 0 Å². The summed E-state index contributed by atoms with van der Waals surface area (Å²) in [6.45, 7) is 2.37. The lowest BCUT2D eigenvalue weighted by atomic mass is 10.2. The summed E-state index contributed by atoms with van der Waals surface area (Å²) in [5, 5.41) is 2.88. The molecule has 19 heavy (non-hydrogen) atoms. The molecule has 0 spiro atoms. The summed E-state index contributed by atoms with van der Waals surface area (Å²) < 4.78 is 27.9. The van der Waals surface area contributed by atoms with Gasteiger partial charge in [0.05, 0.1) is 4.90 Å². The summed E-state index contributed by atoms with van der Waals surface area (Å²) in [6.07, 6.45) is 0. The molecule has 0 saturated heterocycles. The van der Waals surface area contributed by atoms with Crippen LogP contribution in [-0.4, -0.2) is 7.05 Å². The van der Waals surface area contributed by atoms with Crippen LogP contribution in [0.4, 0.5) is 8.78 Å². The second-order valence-corrected chi connectivity index (χ2v) is 5.34. The molecule has 4 heteroatoms. The van der Waals surface area contributed by atoms with Crippen molar-refractivity contribution in [1.82, 2.24) is 5.32 Å². The molecule has 0 bridgehead atoms. The van der Waals surface area contributed by atoms with Crippen LogP contribution in [-0.2, 0) is 6.54 Å². The number of rotatable bonds is 4. The zero-order chi connectivity index (χ0) is 13.8. The Labute approximate surface area is 116 Å². The number of benzene rings is 2. The van der Waals surface area contributed by atoms with E-state index in [4.69, 9.17) is 0 Å². The van der Waals surface area contributed by atoms with Gasteiger partial charge >= 0.3 is 0 Å². The Morgan fingerprint density at radius 3 is 2.32 bits per heavy atom. The molecule has 100 valence electrons. The molecule has 0 aromatic heterocycles. The lowest BCUT2D eigenvalue weighted by Crippen LogP contribution is -2.06. The molecule has 2 aromatic rings. The fraction of sp³-hybridized carbons (Fsp3) is 0.200. The fourth-order valence-corrected chi connectivity index (χ4v) is 2.71. The second kappa shape index (κ2) is 6.17. The normalized spacial score (nSPS) is 10.7. The minimum atomic E-state index is -0.515. The molecule has 2 rings (SSSR count). The van der Waals surface area contributed by atoms with Crippen LogP contribution in [0.15, 0.2) is 46.2 Å². The van der Waals surface area contributed by atoms with Crippen LogP contribution < -0.4 is 5.32 Å². The topological polar surface area (TPSA) is 12.0 Å². The van der Waals surface area contributed by atoms with Crippen LogP contribution >= 0.6 is 11.8 Å². The summed E-state index contributed by atoms with van der Waals surface area (Å²) in [6, 6.07) is 10.3. The van der Waals surface area contributed by atoms with Crippen molar-refractivity contribution in [1.29, 1.82) is 0 Å². The monoisotopic (exact) mass is 279 g/mol. The van der Waals surface area contributed by atoms with Gasteiger partial charge in [0, 0.05) is 11.4 Å². The third-order valence-electron chi connectivity index (χ3n) is 2.74. The molecule has 1 nitrogen and oxygen atoms in total. The molecule has 2 aromatic carbocycles. The maximum absolute atomic E-state index is 14.0. The smallest absolute Gasteiger partial charge is 0.140 e. The van der Waals surface area contributed by atoms with Gasteiger partial charge < -0.3 is 5.32 Å². The Bertz CT molecular complexity index is 561. The van der Waals surface area contributed by atoms with Crippen molar-refractivity contribution >= 4 is 11.8 Å². The average Bonchev–Trinajstić information content (AvgIpc) is 2.36. The molecule has 0 atom stereocenters. The van der Waals surface area contributed by atoms with Crippen LogP contribution in [0.5, 0.6) is 0 Å².